The van der Waals surface area contributed by atoms with Crippen molar-refractivity contribution in [1.82, 2.24) is 19.6 Å². The van der Waals surface area contributed by atoms with Crippen LogP contribution in [0.1, 0.15) is 38.4 Å². The van der Waals surface area contributed by atoms with E-state index in [9.17, 15) is 24.3 Å². The van der Waals surface area contributed by atoms with Crippen LogP contribution in [-0.4, -0.2) is 78.7 Å². The lowest BCUT2D eigenvalue weighted by molar-refractivity contribution is -0.150. The first kappa shape index (κ1) is 23.9. The molecule has 2 fully saturated rings. The summed E-state index contributed by atoms with van der Waals surface area (Å²) in [5, 5.41) is 15.7. The van der Waals surface area contributed by atoms with Gasteiger partial charge in [-0.2, -0.15) is 9.36 Å². The van der Waals surface area contributed by atoms with Crippen molar-refractivity contribution in [3.05, 3.63) is 17.1 Å². The Kier molecular flexibility index (Phi) is 7.02. The predicted molar refractivity (Wildman–Crippen MR) is 121 cm³/mol. The number of oxime groups is 1. The normalized spacial score (nSPS) is 22.8. The van der Waals surface area contributed by atoms with Gasteiger partial charge in [-0.25, -0.2) is 4.79 Å². The number of esters is 1. The van der Waals surface area contributed by atoms with Crippen LogP contribution in [0.2, 0.25) is 0 Å². The van der Waals surface area contributed by atoms with Gasteiger partial charge >= 0.3 is 11.9 Å². The summed E-state index contributed by atoms with van der Waals surface area (Å²) in [6, 6.07) is -0.991. The topological polar surface area (TPSA) is 186 Å². The zero-order valence-corrected chi connectivity index (χ0v) is 19.7. The molecule has 2 atom stereocenters. The number of nitrogen functional groups attached to an aromatic ring is 1. The van der Waals surface area contributed by atoms with E-state index < -0.39 is 35.2 Å². The Hall–Kier alpha value is -3.20. The third-order valence-corrected chi connectivity index (χ3v) is 7.33. The fourth-order valence-electron chi connectivity index (χ4n) is 3.83. The fraction of sp³-hybridized carbons (Fsp3) is 0.526. The van der Waals surface area contributed by atoms with Crippen LogP contribution < -0.4 is 11.1 Å². The number of nitrogens with two attached hydrogens (primary N) is 1. The number of carbonyl (C=O) groups excluding carboxylic acids is 3. The Morgan fingerprint density at radius 1 is 1.32 bits per heavy atom. The lowest BCUT2D eigenvalue weighted by Crippen LogP contribution is -2.71. The predicted octanol–water partition coefficient (Wildman–Crippen LogP) is 0.0853. The number of carboxylic acid groups (broad SMARTS) is 1. The van der Waals surface area contributed by atoms with Gasteiger partial charge in [0.05, 0.1) is 0 Å². The molecule has 0 spiro atoms. The van der Waals surface area contributed by atoms with Gasteiger partial charge in [0.25, 0.3) is 11.8 Å². The average molecular weight is 511 g/mol. The molecule has 0 bridgehead atoms. The molecular formula is C19H22N6O7S2. The van der Waals surface area contributed by atoms with Crippen LogP contribution in [0, 0.1) is 0 Å². The van der Waals surface area contributed by atoms with E-state index in [1.165, 1.54) is 18.7 Å². The van der Waals surface area contributed by atoms with Gasteiger partial charge in [0.2, 0.25) is 11.5 Å². The number of hydrogen-bond acceptors (Lipinski definition) is 12. The monoisotopic (exact) mass is 510 g/mol. The number of thioether (sulfide) groups is 1. The number of carbonyl (C=O) groups is 4. The van der Waals surface area contributed by atoms with Gasteiger partial charge in [-0.3, -0.25) is 19.3 Å². The second kappa shape index (κ2) is 9.97. The smallest absolute Gasteiger partial charge is 0.352 e. The zero-order chi connectivity index (χ0) is 24.4. The molecular weight excluding hydrogens is 488 g/mol. The number of aliphatic carboxylic acids is 1. The lowest BCUT2D eigenvalue weighted by atomic mass is 10.0. The summed E-state index contributed by atoms with van der Waals surface area (Å²) in [6.07, 6.45) is 3.54. The molecule has 0 unspecified atom stereocenters. The average Bonchev–Trinajstić information content (AvgIpc) is 3.47. The van der Waals surface area contributed by atoms with Crippen LogP contribution in [0.4, 0.5) is 5.13 Å². The molecule has 2 aliphatic heterocycles. The maximum atomic E-state index is 13.0. The molecule has 15 heteroatoms. The summed E-state index contributed by atoms with van der Waals surface area (Å²) in [7, 11) is 0. The van der Waals surface area contributed by atoms with Crippen molar-refractivity contribution in [3.63, 3.8) is 0 Å². The van der Waals surface area contributed by atoms with E-state index in [4.69, 9.17) is 15.3 Å². The highest BCUT2D eigenvalue weighted by Crippen LogP contribution is 2.40. The molecule has 1 aromatic rings. The number of hydrogen-bond donors (Lipinski definition) is 3. The maximum absolute atomic E-state index is 13.0. The van der Waals surface area contributed by atoms with Crippen LogP contribution >= 0.6 is 23.3 Å². The molecule has 1 aliphatic carbocycles. The van der Waals surface area contributed by atoms with Crippen molar-refractivity contribution in [2.75, 3.05) is 18.1 Å². The number of aromatic nitrogens is 2. The SMILES string of the molecule is CC(=O)OCC1=C(C(=O)O)N2C(=O)[C@@H](NC(=O)C(=NOC3CCCC3)c3nsc(N)n3)[C@H]2SC1. The molecule has 0 aromatic carbocycles. The van der Waals surface area contributed by atoms with Crippen molar-refractivity contribution >= 4 is 57.9 Å². The number of ether oxygens (including phenoxy) is 1. The molecule has 1 saturated heterocycles. The number of carboxylic acids is 1. The van der Waals surface area contributed by atoms with Crippen molar-refractivity contribution in [2.24, 2.45) is 5.16 Å². The maximum Gasteiger partial charge on any atom is 0.352 e. The van der Waals surface area contributed by atoms with Crippen LogP contribution in [-0.2, 0) is 28.8 Å². The Morgan fingerprint density at radius 3 is 2.68 bits per heavy atom. The summed E-state index contributed by atoms with van der Waals surface area (Å²) in [6.45, 7) is 0.976. The first-order valence-electron chi connectivity index (χ1n) is 10.4. The fourth-order valence-corrected chi connectivity index (χ4v) is 5.59. The van der Waals surface area contributed by atoms with Gasteiger partial charge in [-0.1, -0.05) is 5.16 Å². The van der Waals surface area contributed by atoms with Crippen LogP contribution in [0.15, 0.2) is 16.4 Å². The number of rotatable bonds is 8. The van der Waals surface area contributed by atoms with Crippen LogP contribution in [0.3, 0.4) is 0 Å². The number of amides is 2. The van der Waals surface area contributed by atoms with E-state index >= 15 is 0 Å². The molecule has 4 rings (SSSR count). The Morgan fingerprint density at radius 2 is 2.06 bits per heavy atom. The van der Waals surface area contributed by atoms with Gasteiger partial charge in [0, 0.05) is 29.8 Å². The Bertz CT molecular complexity index is 1080. The molecule has 182 valence electrons. The summed E-state index contributed by atoms with van der Waals surface area (Å²) < 4.78 is 8.93. The lowest BCUT2D eigenvalue weighted by Gasteiger charge is -2.49. The van der Waals surface area contributed by atoms with Gasteiger partial charge in [0.1, 0.15) is 29.8 Å². The molecule has 2 amide bonds. The van der Waals surface area contributed by atoms with Crippen LogP contribution in [0.5, 0.6) is 0 Å². The van der Waals surface area contributed by atoms with E-state index in [1.54, 1.807) is 0 Å². The zero-order valence-electron chi connectivity index (χ0n) is 18.1. The first-order valence-corrected chi connectivity index (χ1v) is 12.3. The van der Waals surface area contributed by atoms with E-state index in [2.05, 4.69) is 19.8 Å². The number of fused-ring (bicyclic) bond motifs is 1. The Labute approximate surface area is 201 Å². The highest BCUT2D eigenvalue weighted by atomic mass is 32.2. The minimum atomic E-state index is -1.32. The third-order valence-electron chi connectivity index (χ3n) is 5.45. The molecule has 3 heterocycles. The molecule has 0 radical (unpaired) electrons. The molecule has 13 nitrogen and oxygen atoms in total. The Balaban J connectivity index is 1.50. The summed E-state index contributed by atoms with van der Waals surface area (Å²) in [5.41, 5.74) is 5.49. The largest absolute Gasteiger partial charge is 0.477 e. The highest BCUT2D eigenvalue weighted by Gasteiger charge is 2.54. The van der Waals surface area contributed by atoms with E-state index in [-0.39, 0.29) is 40.8 Å². The molecule has 34 heavy (non-hydrogen) atoms. The van der Waals surface area contributed by atoms with E-state index in [0.29, 0.717) is 5.57 Å². The molecule has 3 aliphatic rings. The van der Waals surface area contributed by atoms with E-state index in [0.717, 1.165) is 42.1 Å². The molecule has 4 N–H and O–H groups in total. The quantitative estimate of drug-likeness (QED) is 0.186. The number of anilines is 1. The van der Waals surface area contributed by atoms with Gasteiger partial charge in [0.15, 0.2) is 5.13 Å². The third kappa shape index (κ3) is 4.84. The number of β-lactam (4-membered cyclic amide) rings is 1. The minimum Gasteiger partial charge on any atom is -0.477 e. The van der Waals surface area contributed by atoms with Crippen LogP contribution in [0.25, 0.3) is 0 Å². The summed E-state index contributed by atoms with van der Waals surface area (Å²) in [4.78, 5) is 59.4. The number of nitrogens with one attached hydrogen (secondary N) is 1. The van der Waals surface area contributed by atoms with Gasteiger partial charge in [-0.05, 0) is 25.7 Å². The van der Waals surface area contributed by atoms with Crippen molar-refractivity contribution < 1.29 is 33.9 Å². The molecule has 1 aromatic heterocycles. The highest BCUT2D eigenvalue weighted by molar-refractivity contribution is 8.00. The second-order valence-electron chi connectivity index (χ2n) is 7.81. The van der Waals surface area contributed by atoms with Gasteiger partial charge < -0.3 is 25.7 Å². The second-order valence-corrected chi connectivity index (χ2v) is 9.69. The number of nitrogens with zero attached hydrogens (tertiary/aromatic N) is 4. The first-order chi connectivity index (χ1) is 16.3. The summed E-state index contributed by atoms with van der Waals surface area (Å²) >= 11 is 2.14. The van der Waals surface area contributed by atoms with Crippen molar-refractivity contribution in [2.45, 2.75) is 50.1 Å². The van der Waals surface area contributed by atoms with Crippen molar-refractivity contribution in [3.8, 4) is 0 Å². The minimum absolute atomic E-state index is 0.0206. The standard InChI is InChI=1S/C19H22N6O7S2/c1-8(26)31-6-9-7-33-17-12(16(28)25(17)13(9)18(29)30)21-15(27)11(14-22-19(20)34-24-14)23-32-10-4-2-3-5-10/h10,12,17H,2-7H2,1H3,(H,21,27)(H,29,30)(H2,20,22,24)/t12-,17-/m1/s1. The van der Waals surface area contributed by atoms with E-state index in [1.807, 2.05) is 0 Å². The molecule has 1 saturated carbocycles. The van der Waals surface area contributed by atoms with Crippen molar-refractivity contribution in [1.29, 1.82) is 0 Å². The van der Waals surface area contributed by atoms with Gasteiger partial charge in [-0.15, -0.1) is 11.8 Å². The summed E-state index contributed by atoms with van der Waals surface area (Å²) in [5.74, 6) is -3.03.